The maximum atomic E-state index is 13.6. The summed E-state index contributed by atoms with van der Waals surface area (Å²) in [6, 6.07) is 7.07. The number of nitrogens with one attached hydrogen (secondary N) is 1. The van der Waals surface area contributed by atoms with Gasteiger partial charge in [0, 0.05) is 18.2 Å². The third-order valence-electron chi connectivity index (χ3n) is 2.72. The van der Waals surface area contributed by atoms with Crippen molar-refractivity contribution in [2.75, 3.05) is 5.32 Å². The molecule has 104 valence electrons. The van der Waals surface area contributed by atoms with Gasteiger partial charge in [-0.05, 0) is 24.3 Å². The Balaban J connectivity index is 2.13. The minimum Gasteiger partial charge on any atom is -0.508 e. The van der Waals surface area contributed by atoms with E-state index in [-0.39, 0.29) is 29.1 Å². The van der Waals surface area contributed by atoms with E-state index in [0.717, 1.165) is 12.1 Å². The van der Waals surface area contributed by atoms with Gasteiger partial charge < -0.3 is 15.5 Å². The van der Waals surface area contributed by atoms with Crippen molar-refractivity contribution in [1.29, 1.82) is 0 Å². The van der Waals surface area contributed by atoms with Crippen molar-refractivity contribution in [2.24, 2.45) is 0 Å². The van der Waals surface area contributed by atoms with Crippen LogP contribution in [0.4, 0.5) is 14.5 Å². The molecule has 6 heteroatoms. The number of aromatic carboxylic acids is 1. The van der Waals surface area contributed by atoms with Gasteiger partial charge in [0.1, 0.15) is 17.4 Å². The van der Waals surface area contributed by atoms with E-state index in [9.17, 15) is 13.6 Å². The highest BCUT2D eigenvalue weighted by Crippen LogP contribution is 2.19. The molecule has 0 saturated heterocycles. The van der Waals surface area contributed by atoms with Crippen LogP contribution in [0.2, 0.25) is 0 Å². The van der Waals surface area contributed by atoms with Crippen molar-refractivity contribution in [3.05, 3.63) is 59.2 Å². The maximum absolute atomic E-state index is 13.6. The van der Waals surface area contributed by atoms with E-state index in [1.807, 2.05) is 0 Å². The molecule has 0 aromatic heterocycles. The van der Waals surface area contributed by atoms with Crippen LogP contribution in [0.1, 0.15) is 15.9 Å². The third kappa shape index (κ3) is 3.03. The van der Waals surface area contributed by atoms with Crippen LogP contribution in [-0.4, -0.2) is 16.2 Å². The average Bonchev–Trinajstić information content (AvgIpc) is 2.38. The number of rotatable bonds is 4. The van der Waals surface area contributed by atoms with Gasteiger partial charge in [0.25, 0.3) is 0 Å². The van der Waals surface area contributed by atoms with Gasteiger partial charge in [-0.15, -0.1) is 0 Å². The summed E-state index contributed by atoms with van der Waals surface area (Å²) in [4.78, 5) is 10.7. The molecule has 0 heterocycles. The third-order valence-corrected chi connectivity index (χ3v) is 2.72. The number of hydrogen-bond donors (Lipinski definition) is 3. The lowest BCUT2D eigenvalue weighted by Gasteiger charge is -2.09. The van der Waals surface area contributed by atoms with Gasteiger partial charge >= 0.3 is 5.97 Å². The second kappa shape index (κ2) is 5.56. The van der Waals surface area contributed by atoms with E-state index >= 15 is 0 Å². The van der Waals surface area contributed by atoms with Crippen LogP contribution in [-0.2, 0) is 6.54 Å². The summed E-state index contributed by atoms with van der Waals surface area (Å²) >= 11 is 0. The number of phenolic OH excluding ortho intramolecular Hbond substituents is 1. The second-order valence-corrected chi connectivity index (χ2v) is 4.13. The topological polar surface area (TPSA) is 69.6 Å². The second-order valence-electron chi connectivity index (χ2n) is 4.13. The van der Waals surface area contributed by atoms with Gasteiger partial charge in [-0.1, -0.05) is 6.07 Å². The smallest absolute Gasteiger partial charge is 0.335 e. The standard InChI is InChI=1S/C14H11F2NO3/c15-11-6-10(18)3-1-9(11)7-17-13-4-2-8(14(19)20)5-12(13)16/h1-6,17-18H,7H2,(H,19,20). The van der Waals surface area contributed by atoms with E-state index < -0.39 is 17.6 Å². The lowest BCUT2D eigenvalue weighted by atomic mass is 10.1. The molecule has 3 N–H and O–H groups in total. The fraction of sp³-hybridized carbons (Fsp3) is 0.0714. The molecule has 0 saturated carbocycles. The summed E-state index contributed by atoms with van der Waals surface area (Å²) in [5.41, 5.74) is 0.163. The highest BCUT2D eigenvalue weighted by atomic mass is 19.1. The summed E-state index contributed by atoms with van der Waals surface area (Å²) < 4.78 is 27.1. The van der Waals surface area contributed by atoms with Crippen LogP contribution in [0.5, 0.6) is 5.75 Å². The monoisotopic (exact) mass is 279 g/mol. The van der Waals surface area contributed by atoms with Crippen molar-refractivity contribution in [1.82, 2.24) is 0 Å². The Hall–Kier alpha value is -2.63. The van der Waals surface area contributed by atoms with Gasteiger partial charge in [-0.2, -0.15) is 0 Å². The van der Waals surface area contributed by atoms with Crippen LogP contribution in [0.25, 0.3) is 0 Å². The van der Waals surface area contributed by atoms with E-state index in [1.165, 1.54) is 24.3 Å². The van der Waals surface area contributed by atoms with Crippen molar-refractivity contribution >= 4 is 11.7 Å². The van der Waals surface area contributed by atoms with Crippen LogP contribution in [0.15, 0.2) is 36.4 Å². The van der Waals surface area contributed by atoms with Crippen LogP contribution in [0, 0.1) is 11.6 Å². The molecule has 0 bridgehead atoms. The zero-order valence-electron chi connectivity index (χ0n) is 10.2. The molecule has 2 aromatic carbocycles. The van der Waals surface area contributed by atoms with Gasteiger partial charge in [0.2, 0.25) is 0 Å². The number of carbonyl (C=O) groups is 1. The number of benzene rings is 2. The zero-order valence-corrected chi connectivity index (χ0v) is 10.2. The Morgan fingerprint density at radius 1 is 1.10 bits per heavy atom. The summed E-state index contributed by atoms with van der Waals surface area (Å²) in [7, 11) is 0. The van der Waals surface area contributed by atoms with E-state index in [1.54, 1.807) is 0 Å². The molecule has 0 aliphatic carbocycles. The molecule has 0 unspecified atom stereocenters. The molecular formula is C14H11F2NO3. The molecule has 2 aromatic rings. The lowest BCUT2D eigenvalue weighted by Crippen LogP contribution is -2.05. The molecule has 2 rings (SSSR count). The number of anilines is 1. The Bertz CT molecular complexity index is 659. The molecule has 0 fully saturated rings. The fourth-order valence-electron chi connectivity index (χ4n) is 1.66. The number of halogens is 2. The molecular weight excluding hydrogens is 268 g/mol. The Morgan fingerprint density at radius 3 is 2.45 bits per heavy atom. The van der Waals surface area contributed by atoms with Crippen molar-refractivity contribution in [2.45, 2.75) is 6.54 Å². The highest BCUT2D eigenvalue weighted by Gasteiger charge is 2.09. The first-order valence-corrected chi connectivity index (χ1v) is 5.71. The number of aromatic hydroxyl groups is 1. The van der Waals surface area contributed by atoms with Crippen molar-refractivity contribution in [3.8, 4) is 5.75 Å². The summed E-state index contributed by atoms with van der Waals surface area (Å²) in [6.45, 7) is 0.00938. The largest absolute Gasteiger partial charge is 0.508 e. The predicted molar refractivity (Wildman–Crippen MR) is 68.8 cm³/mol. The van der Waals surface area contributed by atoms with Crippen LogP contribution < -0.4 is 5.32 Å². The minimum atomic E-state index is -1.22. The minimum absolute atomic E-state index is 0.00938. The Labute approximate surface area is 113 Å². The van der Waals surface area contributed by atoms with Crippen molar-refractivity contribution < 1.29 is 23.8 Å². The molecule has 0 amide bonds. The quantitative estimate of drug-likeness (QED) is 0.804. The van der Waals surface area contributed by atoms with E-state index in [4.69, 9.17) is 10.2 Å². The summed E-state index contributed by atoms with van der Waals surface area (Å²) in [6.07, 6.45) is 0. The van der Waals surface area contributed by atoms with E-state index in [0.29, 0.717) is 0 Å². The van der Waals surface area contributed by atoms with Gasteiger partial charge in [0.05, 0.1) is 11.3 Å². The highest BCUT2D eigenvalue weighted by molar-refractivity contribution is 5.88. The predicted octanol–water partition coefficient (Wildman–Crippen LogP) is 2.98. The van der Waals surface area contributed by atoms with Gasteiger partial charge in [0.15, 0.2) is 0 Å². The summed E-state index contributed by atoms with van der Waals surface area (Å²) in [5, 5.41) is 20.4. The normalized spacial score (nSPS) is 10.3. The fourth-order valence-corrected chi connectivity index (χ4v) is 1.66. The zero-order chi connectivity index (χ0) is 14.7. The maximum Gasteiger partial charge on any atom is 0.335 e. The van der Waals surface area contributed by atoms with Gasteiger partial charge in [-0.3, -0.25) is 0 Å². The number of carboxylic acids is 1. The average molecular weight is 279 g/mol. The molecule has 20 heavy (non-hydrogen) atoms. The first-order valence-electron chi connectivity index (χ1n) is 5.71. The Morgan fingerprint density at radius 2 is 1.85 bits per heavy atom. The molecule has 0 spiro atoms. The SMILES string of the molecule is O=C(O)c1ccc(NCc2ccc(O)cc2F)c(F)c1. The Kier molecular flexibility index (Phi) is 3.84. The summed E-state index contributed by atoms with van der Waals surface area (Å²) in [5.74, 6) is -2.76. The molecule has 0 radical (unpaired) electrons. The van der Waals surface area contributed by atoms with Gasteiger partial charge in [-0.25, -0.2) is 13.6 Å². The first kappa shape index (κ1) is 13.8. The first-order chi connectivity index (χ1) is 9.47. The number of hydrogen-bond acceptors (Lipinski definition) is 3. The van der Waals surface area contributed by atoms with E-state index in [2.05, 4.69) is 5.32 Å². The van der Waals surface area contributed by atoms with Crippen LogP contribution >= 0.6 is 0 Å². The van der Waals surface area contributed by atoms with Crippen LogP contribution in [0.3, 0.4) is 0 Å². The molecule has 4 nitrogen and oxygen atoms in total. The lowest BCUT2D eigenvalue weighted by molar-refractivity contribution is 0.0696. The van der Waals surface area contributed by atoms with Crippen molar-refractivity contribution in [3.63, 3.8) is 0 Å². The number of phenols is 1. The molecule has 0 atom stereocenters. The molecule has 0 aliphatic rings. The molecule has 0 aliphatic heterocycles. The number of carboxylic acid groups (broad SMARTS) is 1.